The first-order chi connectivity index (χ1) is 14.2. The minimum Gasteiger partial charge on any atom is -0.387 e. The summed E-state index contributed by atoms with van der Waals surface area (Å²) in [6, 6.07) is 7.71. The molecule has 0 saturated heterocycles. The van der Waals surface area contributed by atoms with E-state index in [1.165, 1.54) is 0 Å². The van der Waals surface area contributed by atoms with Crippen LogP contribution in [0.15, 0.2) is 42.0 Å². The Labute approximate surface area is 179 Å². The normalized spacial score (nSPS) is 12.4. The summed E-state index contributed by atoms with van der Waals surface area (Å²) in [4.78, 5) is 27.7. The van der Waals surface area contributed by atoms with Crippen molar-refractivity contribution in [3.8, 4) is 0 Å². The molecule has 0 saturated carbocycles. The number of carbonyl (C=O) groups excluding carboxylic acids is 1. The molecule has 0 radical (unpaired) electrons. The monoisotopic (exact) mass is 408 g/mol. The molecule has 1 atom stereocenters. The van der Waals surface area contributed by atoms with Gasteiger partial charge >= 0.3 is 0 Å². The molecule has 1 aromatic heterocycles. The molecule has 2 aromatic rings. The molecule has 0 aliphatic carbocycles. The molecule has 1 amide bonds. The predicted octanol–water partition coefficient (Wildman–Crippen LogP) is 4.07. The van der Waals surface area contributed by atoms with E-state index in [-0.39, 0.29) is 11.9 Å². The maximum atomic E-state index is 12.3. The molecule has 1 heterocycles. The maximum absolute atomic E-state index is 12.3. The van der Waals surface area contributed by atoms with Crippen LogP contribution in [-0.4, -0.2) is 34.8 Å². The number of amidine groups is 1. The van der Waals surface area contributed by atoms with Crippen LogP contribution in [-0.2, 0) is 6.54 Å². The van der Waals surface area contributed by atoms with Crippen molar-refractivity contribution in [3.63, 3.8) is 0 Å². The van der Waals surface area contributed by atoms with Crippen molar-refractivity contribution in [2.24, 2.45) is 10.7 Å². The summed E-state index contributed by atoms with van der Waals surface area (Å²) in [6.07, 6.45) is 3.71. The number of benzene rings is 1. The minimum atomic E-state index is -0.0477. The molecular weight excluding hydrogens is 376 g/mol. The summed E-state index contributed by atoms with van der Waals surface area (Å²) < 4.78 is 0. The van der Waals surface area contributed by atoms with Crippen LogP contribution in [0.25, 0.3) is 5.57 Å². The van der Waals surface area contributed by atoms with Gasteiger partial charge in [0.25, 0.3) is 5.91 Å². The van der Waals surface area contributed by atoms with E-state index in [9.17, 15) is 4.79 Å². The number of hydrogen-bond donors (Lipinski definition) is 2. The van der Waals surface area contributed by atoms with E-state index < -0.39 is 0 Å². The van der Waals surface area contributed by atoms with Crippen LogP contribution in [0, 0.1) is 0 Å². The highest BCUT2D eigenvalue weighted by molar-refractivity contribution is 5.94. The van der Waals surface area contributed by atoms with Crippen LogP contribution >= 0.6 is 0 Å². The third kappa shape index (κ3) is 6.40. The first kappa shape index (κ1) is 23.1. The molecule has 0 unspecified atom stereocenters. The average molecular weight is 409 g/mol. The zero-order chi connectivity index (χ0) is 22.3. The van der Waals surface area contributed by atoms with E-state index in [0.717, 1.165) is 29.8 Å². The molecule has 0 spiro atoms. The summed E-state index contributed by atoms with van der Waals surface area (Å²) in [7, 11) is 1.97. The Bertz CT molecular complexity index is 916. The molecule has 0 fully saturated rings. The lowest BCUT2D eigenvalue weighted by molar-refractivity contribution is 0.0938. The molecule has 0 bridgehead atoms. The summed E-state index contributed by atoms with van der Waals surface area (Å²) in [6.45, 7) is 12.2. The van der Waals surface area contributed by atoms with Crippen LogP contribution in [0.5, 0.6) is 0 Å². The average Bonchev–Trinajstić information content (AvgIpc) is 2.68. The quantitative estimate of drug-likeness (QED) is 0.481. The van der Waals surface area contributed by atoms with Gasteiger partial charge in [-0.1, -0.05) is 19.9 Å². The number of nitrogens with two attached hydrogens (primary N) is 1. The van der Waals surface area contributed by atoms with Gasteiger partial charge in [-0.15, -0.1) is 0 Å². The molecule has 3 N–H and O–H groups in total. The Morgan fingerprint density at radius 2 is 1.97 bits per heavy atom. The van der Waals surface area contributed by atoms with Crippen LogP contribution in [0.4, 0.5) is 11.5 Å². The standard InChI is InChI=1S/C23H32N6O/c1-7-8-16(4)26-23(30)18-9-11-20(12-10-18)29(6)14-19-13-25-22(27-17(5)24)21(28-19)15(2)3/h9-13,16H,2,7-8,14H2,1,3-6H3,(H,26,30)(H2,24,25,27)/t16-/m1/s1. The van der Waals surface area contributed by atoms with Gasteiger partial charge < -0.3 is 16.0 Å². The zero-order valence-corrected chi connectivity index (χ0v) is 18.6. The summed E-state index contributed by atoms with van der Waals surface area (Å²) in [5.74, 6) is 0.847. The number of rotatable bonds is 9. The second-order valence-corrected chi connectivity index (χ2v) is 7.63. The summed E-state index contributed by atoms with van der Waals surface area (Å²) >= 11 is 0. The van der Waals surface area contributed by atoms with E-state index in [2.05, 4.69) is 33.8 Å². The second kappa shape index (κ2) is 10.5. The Balaban J connectivity index is 2.11. The van der Waals surface area contributed by atoms with Crippen molar-refractivity contribution in [1.29, 1.82) is 0 Å². The number of aromatic nitrogens is 2. The van der Waals surface area contributed by atoms with Gasteiger partial charge in [-0.2, -0.15) is 0 Å². The van der Waals surface area contributed by atoms with E-state index in [1.807, 2.05) is 50.1 Å². The number of anilines is 1. The zero-order valence-electron chi connectivity index (χ0n) is 18.6. The lowest BCUT2D eigenvalue weighted by Gasteiger charge is -2.20. The molecule has 7 heteroatoms. The number of nitrogens with one attached hydrogen (secondary N) is 1. The molecule has 7 nitrogen and oxygen atoms in total. The van der Waals surface area contributed by atoms with Gasteiger partial charge in [0.1, 0.15) is 5.69 Å². The number of allylic oxidation sites excluding steroid dienone is 1. The molecule has 30 heavy (non-hydrogen) atoms. The highest BCUT2D eigenvalue weighted by atomic mass is 16.1. The second-order valence-electron chi connectivity index (χ2n) is 7.63. The summed E-state index contributed by atoms with van der Waals surface area (Å²) in [5.41, 5.74) is 9.52. The number of nitrogens with zero attached hydrogens (tertiary/aromatic N) is 4. The van der Waals surface area contributed by atoms with Gasteiger partial charge in [-0.3, -0.25) is 4.79 Å². The van der Waals surface area contributed by atoms with Crippen LogP contribution in [0.1, 0.15) is 62.3 Å². The highest BCUT2D eigenvalue weighted by Gasteiger charge is 2.12. The van der Waals surface area contributed by atoms with Crippen LogP contribution < -0.4 is 16.0 Å². The first-order valence-corrected chi connectivity index (χ1v) is 10.2. The number of aliphatic imine (C=N–C) groups is 1. The fourth-order valence-electron chi connectivity index (χ4n) is 3.04. The Kier molecular flexibility index (Phi) is 8.09. The smallest absolute Gasteiger partial charge is 0.251 e. The van der Waals surface area contributed by atoms with E-state index in [1.54, 1.807) is 13.1 Å². The van der Waals surface area contributed by atoms with Gasteiger partial charge in [-0.05, 0) is 57.0 Å². The van der Waals surface area contributed by atoms with Crippen molar-refractivity contribution in [2.45, 2.75) is 53.1 Å². The number of carbonyl (C=O) groups is 1. The van der Waals surface area contributed by atoms with Crippen molar-refractivity contribution in [1.82, 2.24) is 15.3 Å². The number of amides is 1. The van der Waals surface area contributed by atoms with Crippen molar-refractivity contribution < 1.29 is 4.79 Å². The van der Waals surface area contributed by atoms with E-state index in [0.29, 0.717) is 29.5 Å². The third-order valence-corrected chi connectivity index (χ3v) is 4.56. The molecule has 1 aromatic carbocycles. The minimum absolute atomic E-state index is 0.0477. The first-order valence-electron chi connectivity index (χ1n) is 10.2. The molecule has 0 aliphatic heterocycles. The molecule has 160 valence electrons. The lowest BCUT2D eigenvalue weighted by Crippen LogP contribution is -2.32. The largest absolute Gasteiger partial charge is 0.387 e. The number of hydrogen-bond acceptors (Lipinski definition) is 5. The Hall–Kier alpha value is -3.22. The lowest BCUT2D eigenvalue weighted by atomic mass is 10.1. The van der Waals surface area contributed by atoms with Gasteiger partial charge in [-0.25, -0.2) is 15.0 Å². The van der Waals surface area contributed by atoms with Crippen molar-refractivity contribution >= 4 is 28.8 Å². The van der Waals surface area contributed by atoms with E-state index in [4.69, 9.17) is 5.73 Å². The topological polar surface area (TPSA) is 96.5 Å². The Morgan fingerprint density at radius 3 is 2.53 bits per heavy atom. The molecule has 2 rings (SSSR count). The molecule has 0 aliphatic rings. The molecular formula is C23H32N6O. The fraction of sp³-hybridized carbons (Fsp3) is 0.391. The Morgan fingerprint density at radius 1 is 1.30 bits per heavy atom. The van der Waals surface area contributed by atoms with E-state index >= 15 is 0 Å². The predicted molar refractivity (Wildman–Crippen MR) is 124 cm³/mol. The van der Waals surface area contributed by atoms with Crippen LogP contribution in [0.3, 0.4) is 0 Å². The van der Waals surface area contributed by atoms with Gasteiger partial charge in [0.2, 0.25) is 0 Å². The third-order valence-electron chi connectivity index (χ3n) is 4.56. The summed E-state index contributed by atoms with van der Waals surface area (Å²) in [5, 5.41) is 3.02. The SMILES string of the molecule is C=C(C)c1nc(CN(C)c2ccc(C(=O)N[C@H](C)CCC)cc2)cnc1N=C(C)N. The van der Waals surface area contributed by atoms with Gasteiger partial charge in [0.05, 0.1) is 24.3 Å². The highest BCUT2D eigenvalue weighted by Crippen LogP contribution is 2.22. The maximum Gasteiger partial charge on any atom is 0.251 e. The van der Waals surface area contributed by atoms with Crippen molar-refractivity contribution in [2.75, 3.05) is 11.9 Å². The van der Waals surface area contributed by atoms with Gasteiger partial charge in [0, 0.05) is 24.3 Å². The van der Waals surface area contributed by atoms with Gasteiger partial charge in [0.15, 0.2) is 5.82 Å². The van der Waals surface area contributed by atoms with Crippen LogP contribution in [0.2, 0.25) is 0 Å². The fourth-order valence-corrected chi connectivity index (χ4v) is 3.04. The van der Waals surface area contributed by atoms with Crippen molar-refractivity contribution in [3.05, 3.63) is 54.0 Å².